The number of nitrogens with zero attached hydrogens (tertiary/aromatic N) is 2. The van der Waals surface area contributed by atoms with Gasteiger partial charge in [0.25, 0.3) is 0 Å². The lowest BCUT2D eigenvalue weighted by Gasteiger charge is -2.26. The van der Waals surface area contributed by atoms with E-state index in [9.17, 15) is 9.59 Å². The zero-order chi connectivity index (χ0) is 27.0. The lowest BCUT2D eigenvalue weighted by atomic mass is 9.86. The lowest BCUT2D eigenvalue weighted by Crippen LogP contribution is -2.32. The Bertz CT molecular complexity index is 953. The number of carbonyl (C=O) groups is 2. The molecule has 0 aromatic heterocycles. The Balaban J connectivity index is 2.09. The first-order valence-corrected chi connectivity index (χ1v) is 13.2. The van der Waals surface area contributed by atoms with Gasteiger partial charge in [-0.05, 0) is 29.5 Å². The molecule has 0 saturated carbocycles. The van der Waals surface area contributed by atoms with Crippen LogP contribution in [-0.4, -0.2) is 75.8 Å². The van der Waals surface area contributed by atoms with Gasteiger partial charge >= 0.3 is 0 Å². The first-order valence-electron chi connectivity index (χ1n) is 12.3. The molecule has 0 fully saturated rings. The van der Waals surface area contributed by atoms with Crippen LogP contribution in [0.1, 0.15) is 18.4 Å². The molecular weight excluding hydrogens is 488 g/mol. The zero-order valence-corrected chi connectivity index (χ0v) is 23.4. The van der Waals surface area contributed by atoms with E-state index in [1.807, 2.05) is 72.8 Å². The molecule has 7 nitrogen and oxygen atoms in total. The Morgan fingerprint density at radius 3 is 2.08 bits per heavy atom. The molecule has 0 N–H and O–H groups in total. The number of amides is 2. The van der Waals surface area contributed by atoms with Crippen molar-refractivity contribution in [2.45, 2.75) is 30.0 Å². The van der Waals surface area contributed by atoms with E-state index in [4.69, 9.17) is 14.2 Å². The van der Waals surface area contributed by atoms with Gasteiger partial charge < -0.3 is 24.0 Å². The van der Waals surface area contributed by atoms with Crippen LogP contribution in [0.25, 0.3) is 0 Å². The normalized spacial score (nSPS) is 13.8. The molecule has 37 heavy (non-hydrogen) atoms. The lowest BCUT2D eigenvalue weighted by molar-refractivity contribution is -0.133. The summed E-state index contributed by atoms with van der Waals surface area (Å²) < 4.78 is 17.4. The van der Waals surface area contributed by atoms with Crippen molar-refractivity contribution in [3.05, 3.63) is 78.4 Å². The smallest absolute Gasteiger partial charge is 0.222 e. The first-order chi connectivity index (χ1) is 17.8. The van der Waals surface area contributed by atoms with Gasteiger partial charge in [-0.25, -0.2) is 0 Å². The highest BCUT2D eigenvalue weighted by atomic mass is 32.2. The third kappa shape index (κ3) is 12.0. The van der Waals surface area contributed by atoms with Crippen LogP contribution in [0.5, 0.6) is 0 Å². The average molecular weight is 529 g/mol. The van der Waals surface area contributed by atoms with Gasteiger partial charge in [-0.15, -0.1) is 0 Å². The van der Waals surface area contributed by atoms with Gasteiger partial charge in [-0.2, -0.15) is 0 Å². The van der Waals surface area contributed by atoms with E-state index in [0.717, 1.165) is 10.5 Å². The van der Waals surface area contributed by atoms with Crippen LogP contribution < -0.4 is 0 Å². The van der Waals surface area contributed by atoms with Crippen LogP contribution in [0, 0.1) is 11.8 Å². The molecule has 0 spiro atoms. The Hall–Kier alpha value is -2.65. The third-order valence-electron chi connectivity index (χ3n) is 5.77. The Labute approximate surface area is 225 Å². The highest BCUT2D eigenvalue weighted by Crippen LogP contribution is 2.26. The third-order valence-corrected chi connectivity index (χ3v) is 6.84. The van der Waals surface area contributed by atoms with E-state index in [0.29, 0.717) is 19.8 Å². The summed E-state index contributed by atoms with van der Waals surface area (Å²) in [7, 11) is 8.56. The fourth-order valence-corrected chi connectivity index (χ4v) is 4.32. The predicted molar refractivity (Wildman–Crippen MR) is 148 cm³/mol. The van der Waals surface area contributed by atoms with Gasteiger partial charge in [0.1, 0.15) is 0 Å². The van der Waals surface area contributed by atoms with Crippen molar-refractivity contribution in [2.75, 3.05) is 48.5 Å². The molecule has 0 aliphatic carbocycles. The molecule has 0 saturated heterocycles. The maximum atomic E-state index is 12.7. The van der Waals surface area contributed by atoms with Gasteiger partial charge in [0.2, 0.25) is 17.4 Å². The van der Waals surface area contributed by atoms with E-state index in [1.54, 1.807) is 45.1 Å². The fourth-order valence-electron chi connectivity index (χ4n) is 3.54. The number of ether oxygens (including phenoxy) is 3. The first kappa shape index (κ1) is 30.6. The number of allylic oxidation sites excluding steroid dienone is 1. The maximum absolute atomic E-state index is 12.7. The molecule has 0 bridgehead atoms. The Kier molecular flexibility index (Phi) is 14.0. The summed E-state index contributed by atoms with van der Waals surface area (Å²) in [5.41, 5.74) is 0.598. The second-order valence-electron chi connectivity index (χ2n) is 9.13. The van der Waals surface area contributed by atoms with Gasteiger partial charge in [0.15, 0.2) is 0 Å². The summed E-state index contributed by atoms with van der Waals surface area (Å²) in [6.07, 6.45) is 4.43. The van der Waals surface area contributed by atoms with E-state index in [2.05, 4.69) is 0 Å². The van der Waals surface area contributed by atoms with Gasteiger partial charge in [0, 0.05) is 53.0 Å². The van der Waals surface area contributed by atoms with Crippen molar-refractivity contribution < 1.29 is 23.8 Å². The van der Waals surface area contributed by atoms with E-state index in [-0.39, 0.29) is 36.5 Å². The summed E-state index contributed by atoms with van der Waals surface area (Å²) in [5.74, 6) is -0.370. The van der Waals surface area contributed by atoms with Crippen LogP contribution in [0.4, 0.5) is 0 Å². The number of rotatable bonds is 16. The summed E-state index contributed by atoms with van der Waals surface area (Å²) in [4.78, 5) is 29.5. The molecule has 0 heterocycles. The molecule has 0 aliphatic rings. The molecule has 1 unspecified atom stereocenters. The van der Waals surface area contributed by atoms with Gasteiger partial charge in [0.05, 0.1) is 19.8 Å². The highest BCUT2D eigenvalue weighted by molar-refractivity contribution is 7.99. The second-order valence-corrected chi connectivity index (χ2v) is 10.2. The largest absolute Gasteiger partial charge is 0.376 e. The number of benzene rings is 2. The van der Waals surface area contributed by atoms with Gasteiger partial charge in [-0.1, -0.05) is 72.4 Å². The quantitative estimate of drug-likeness (QED) is 0.179. The summed E-state index contributed by atoms with van der Waals surface area (Å²) >= 11 is 1.48. The van der Waals surface area contributed by atoms with Crippen molar-refractivity contribution in [1.82, 2.24) is 9.80 Å². The highest BCUT2D eigenvalue weighted by Gasteiger charge is 2.26. The number of methoxy groups -OCH3 is 1. The topological polar surface area (TPSA) is 68.3 Å². The molecule has 2 aromatic rings. The minimum Gasteiger partial charge on any atom is -0.376 e. The van der Waals surface area contributed by atoms with Crippen LogP contribution >= 0.6 is 11.8 Å². The number of hydrogen-bond acceptors (Lipinski definition) is 6. The maximum Gasteiger partial charge on any atom is 0.222 e. The Morgan fingerprint density at radius 1 is 0.892 bits per heavy atom. The Morgan fingerprint density at radius 2 is 1.49 bits per heavy atom. The molecule has 0 radical (unpaired) electrons. The molecule has 2 aromatic carbocycles. The zero-order valence-electron chi connectivity index (χ0n) is 22.5. The van der Waals surface area contributed by atoms with Crippen LogP contribution in [0.2, 0.25) is 0 Å². The van der Waals surface area contributed by atoms with Crippen molar-refractivity contribution in [3.8, 4) is 0 Å². The molecular formula is C29H40N2O5S. The molecule has 3 atom stereocenters. The van der Waals surface area contributed by atoms with Crippen LogP contribution in [-0.2, 0) is 30.4 Å². The second kappa shape index (κ2) is 17.0. The van der Waals surface area contributed by atoms with E-state index >= 15 is 0 Å². The van der Waals surface area contributed by atoms with Crippen molar-refractivity contribution in [3.63, 3.8) is 0 Å². The standard InChI is InChI=1S/C29H40N2O5S/c1-30(2)27(32)19-24(15-12-18-36-29(34-5)37-26-16-10-7-11-17-26)25(20-28(33)31(3)4)22-35-21-23-13-8-6-9-14-23/h6-17,24-25,29H,18-22H2,1-5H3/b15-12+/t24-,25-,29?/m1/s1. The molecule has 2 amide bonds. The molecule has 202 valence electrons. The fraction of sp³-hybridized carbons (Fsp3) is 0.448. The average Bonchev–Trinajstić information content (AvgIpc) is 2.89. The minimum atomic E-state index is -0.464. The number of thioether (sulfide) groups is 1. The van der Waals surface area contributed by atoms with Crippen molar-refractivity contribution >= 4 is 23.6 Å². The molecule has 2 rings (SSSR count). The SMILES string of the molecule is COC(OC/C=C/[C@H](CC(=O)N(C)C)[C@@H](COCc1ccccc1)CC(=O)N(C)C)Sc1ccccc1. The molecule has 0 aliphatic heterocycles. The monoisotopic (exact) mass is 528 g/mol. The van der Waals surface area contributed by atoms with Crippen molar-refractivity contribution in [2.24, 2.45) is 11.8 Å². The summed E-state index contributed by atoms with van der Waals surface area (Å²) in [6, 6.07) is 19.8. The summed E-state index contributed by atoms with van der Waals surface area (Å²) in [5, 5.41) is 0. The minimum absolute atomic E-state index is 0.000953. The van der Waals surface area contributed by atoms with E-state index in [1.165, 1.54) is 11.8 Å². The summed E-state index contributed by atoms with van der Waals surface area (Å²) in [6.45, 7) is 1.11. The predicted octanol–water partition coefficient (Wildman–Crippen LogP) is 4.69. The molecule has 8 heteroatoms. The van der Waals surface area contributed by atoms with Crippen LogP contribution in [0.15, 0.2) is 77.7 Å². The van der Waals surface area contributed by atoms with E-state index < -0.39 is 5.62 Å². The van der Waals surface area contributed by atoms with Gasteiger partial charge in [-0.3, -0.25) is 9.59 Å². The number of carbonyl (C=O) groups excluding carboxylic acids is 2. The van der Waals surface area contributed by atoms with Crippen molar-refractivity contribution in [1.29, 1.82) is 0 Å². The number of hydrogen-bond donors (Lipinski definition) is 0. The van der Waals surface area contributed by atoms with Crippen LogP contribution in [0.3, 0.4) is 0 Å².